The Balaban J connectivity index is 1.88. The van der Waals surface area contributed by atoms with Gasteiger partial charge in [-0.2, -0.15) is 0 Å². The van der Waals surface area contributed by atoms with Crippen LogP contribution in [0.1, 0.15) is 32.6 Å². The highest BCUT2D eigenvalue weighted by atomic mass is 79.9. The average Bonchev–Trinajstić information content (AvgIpc) is 3.06. The lowest BCUT2D eigenvalue weighted by Crippen LogP contribution is -2.46. The van der Waals surface area contributed by atoms with Gasteiger partial charge in [0.05, 0.1) is 11.8 Å². The molecule has 3 aliphatic rings. The third-order valence-corrected chi connectivity index (χ3v) is 8.66. The minimum absolute atomic E-state index is 0.126. The minimum atomic E-state index is -1.08. The fourth-order valence-corrected chi connectivity index (χ4v) is 6.31. The van der Waals surface area contributed by atoms with Crippen molar-refractivity contribution in [1.82, 2.24) is 4.90 Å². The number of carbonyl (C=O) groups excluding carboxylic acids is 2. The largest absolute Gasteiger partial charge is 0.480 e. The summed E-state index contributed by atoms with van der Waals surface area (Å²) in [5.74, 6) is -2.03. The smallest absolute Gasteiger partial charge is 0.326 e. The lowest BCUT2D eigenvalue weighted by atomic mass is 9.81. The SMILES string of the molecule is CCCCC(C(=O)O)N1C(=O)C2C3CC(C(Br)C3Br)C2C1=O. The standard InChI is InChI=1S/C15H19Br2NO4/c1-2-3-4-8(15(21)22)18-13(19)9-6-5-7(10(9)14(18)20)12(17)11(6)16/h6-12H,2-5H2,1H3,(H,21,22). The molecule has 7 unspecified atom stereocenters. The summed E-state index contributed by atoms with van der Waals surface area (Å²) in [7, 11) is 0. The van der Waals surface area contributed by atoms with Crippen molar-refractivity contribution in [3.05, 3.63) is 0 Å². The van der Waals surface area contributed by atoms with Crippen LogP contribution in [0.25, 0.3) is 0 Å². The molecule has 22 heavy (non-hydrogen) atoms. The number of alkyl halides is 2. The highest BCUT2D eigenvalue weighted by molar-refractivity contribution is 9.12. The molecule has 7 heteroatoms. The number of carboxylic acid groups (broad SMARTS) is 1. The van der Waals surface area contributed by atoms with Crippen molar-refractivity contribution in [3.8, 4) is 0 Å². The van der Waals surface area contributed by atoms with E-state index in [1.165, 1.54) is 0 Å². The molecule has 1 N–H and O–H groups in total. The van der Waals surface area contributed by atoms with E-state index < -0.39 is 12.0 Å². The molecule has 0 aromatic carbocycles. The number of nitrogens with zero attached hydrogens (tertiary/aromatic N) is 1. The number of hydrogen-bond donors (Lipinski definition) is 1. The maximum Gasteiger partial charge on any atom is 0.326 e. The summed E-state index contributed by atoms with van der Waals surface area (Å²) >= 11 is 7.25. The van der Waals surface area contributed by atoms with Crippen molar-refractivity contribution in [1.29, 1.82) is 0 Å². The Bertz CT molecular complexity index is 494. The van der Waals surface area contributed by atoms with E-state index >= 15 is 0 Å². The van der Waals surface area contributed by atoms with E-state index in [0.29, 0.717) is 12.8 Å². The van der Waals surface area contributed by atoms with Crippen LogP contribution in [0.5, 0.6) is 0 Å². The molecule has 2 saturated carbocycles. The number of imide groups is 1. The van der Waals surface area contributed by atoms with Crippen molar-refractivity contribution in [2.75, 3.05) is 0 Å². The molecule has 0 radical (unpaired) electrons. The van der Waals surface area contributed by atoms with E-state index in [0.717, 1.165) is 17.7 Å². The summed E-state index contributed by atoms with van der Waals surface area (Å²) in [6, 6.07) is -1.01. The molecule has 2 bridgehead atoms. The molecule has 1 heterocycles. The van der Waals surface area contributed by atoms with Crippen LogP contribution in [-0.4, -0.2) is 43.5 Å². The Kier molecular flexibility index (Phi) is 4.40. The van der Waals surface area contributed by atoms with Crippen LogP contribution in [0.2, 0.25) is 0 Å². The summed E-state index contributed by atoms with van der Waals surface area (Å²) in [4.78, 5) is 38.5. The second-order valence-corrected chi connectivity index (χ2v) is 8.66. The Labute approximate surface area is 146 Å². The number of hydrogen-bond acceptors (Lipinski definition) is 3. The van der Waals surface area contributed by atoms with Crippen LogP contribution in [0.3, 0.4) is 0 Å². The molecule has 1 saturated heterocycles. The van der Waals surface area contributed by atoms with Crippen molar-refractivity contribution in [2.45, 2.75) is 48.3 Å². The monoisotopic (exact) mass is 435 g/mol. The summed E-state index contributed by atoms with van der Waals surface area (Å²) in [5.41, 5.74) is 0. The number of unbranched alkanes of at least 4 members (excludes halogenated alkanes) is 1. The van der Waals surface area contributed by atoms with E-state index in [4.69, 9.17) is 0 Å². The molecule has 5 nitrogen and oxygen atoms in total. The summed E-state index contributed by atoms with van der Waals surface area (Å²) < 4.78 is 0. The molecule has 0 aromatic heterocycles. The Morgan fingerprint density at radius 2 is 1.73 bits per heavy atom. The fraction of sp³-hybridized carbons (Fsp3) is 0.800. The molecule has 3 fully saturated rings. The average molecular weight is 437 g/mol. The molecule has 1 aliphatic heterocycles. The van der Waals surface area contributed by atoms with Gasteiger partial charge in [-0.15, -0.1) is 0 Å². The van der Waals surface area contributed by atoms with Gasteiger partial charge in [0.1, 0.15) is 6.04 Å². The van der Waals surface area contributed by atoms with E-state index in [1.807, 2.05) is 6.92 Å². The highest BCUT2D eigenvalue weighted by Gasteiger charge is 2.67. The number of likely N-dealkylation sites (tertiary alicyclic amines) is 1. The molecular formula is C15H19Br2NO4. The van der Waals surface area contributed by atoms with Gasteiger partial charge in [0.25, 0.3) is 0 Å². The Hall–Kier alpha value is -0.430. The van der Waals surface area contributed by atoms with Gasteiger partial charge in [0.2, 0.25) is 11.8 Å². The minimum Gasteiger partial charge on any atom is -0.480 e. The quantitative estimate of drug-likeness (QED) is 0.530. The van der Waals surface area contributed by atoms with Crippen LogP contribution in [0, 0.1) is 23.7 Å². The summed E-state index contributed by atoms with van der Waals surface area (Å²) in [6.07, 6.45) is 2.73. The molecule has 122 valence electrons. The van der Waals surface area contributed by atoms with E-state index in [9.17, 15) is 19.5 Å². The van der Waals surface area contributed by atoms with Gasteiger partial charge < -0.3 is 5.11 Å². The second-order valence-electron chi connectivity index (χ2n) is 6.55. The number of amides is 2. The van der Waals surface area contributed by atoms with Crippen LogP contribution in [0.15, 0.2) is 0 Å². The predicted octanol–water partition coefficient (Wildman–Crippen LogP) is 2.41. The first-order valence-corrected chi connectivity index (χ1v) is 9.61. The summed E-state index contributed by atoms with van der Waals surface area (Å²) in [6.45, 7) is 1.96. The zero-order valence-electron chi connectivity index (χ0n) is 12.2. The predicted molar refractivity (Wildman–Crippen MR) is 86.8 cm³/mol. The molecule has 2 amide bonds. The van der Waals surface area contributed by atoms with Gasteiger partial charge in [-0.1, -0.05) is 51.6 Å². The number of carboxylic acids is 1. The van der Waals surface area contributed by atoms with Gasteiger partial charge in [-0.3, -0.25) is 14.5 Å². The number of fused-ring (bicyclic) bond motifs is 5. The van der Waals surface area contributed by atoms with Crippen molar-refractivity contribution < 1.29 is 19.5 Å². The number of aliphatic carboxylic acids is 1. The van der Waals surface area contributed by atoms with Crippen molar-refractivity contribution >= 4 is 49.6 Å². The zero-order valence-corrected chi connectivity index (χ0v) is 15.4. The fourth-order valence-electron chi connectivity index (χ4n) is 4.44. The molecule has 7 atom stereocenters. The maximum absolute atomic E-state index is 12.8. The molecule has 0 spiro atoms. The normalized spacial score (nSPS) is 41.1. The highest BCUT2D eigenvalue weighted by Crippen LogP contribution is 2.60. The van der Waals surface area contributed by atoms with Crippen LogP contribution >= 0.6 is 31.9 Å². The third kappa shape index (κ3) is 2.19. The van der Waals surface area contributed by atoms with E-state index in [-0.39, 0.29) is 45.1 Å². The lowest BCUT2D eigenvalue weighted by molar-refractivity contribution is -0.155. The topological polar surface area (TPSA) is 74.7 Å². The molecule has 3 rings (SSSR count). The maximum atomic E-state index is 12.8. The molecule has 2 aliphatic carbocycles. The second kappa shape index (κ2) is 5.89. The first-order chi connectivity index (χ1) is 10.4. The van der Waals surface area contributed by atoms with Gasteiger partial charge in [-0.05, 0) is 24.7 Å². The van der Waals surface area contributed by atoms with Gasteiger partial charge in [-0.25, -0.2) is 4.79 Å². The van der Waals surface area contributed by atoms with Crippen molar-refractivity contribution in [2.24, 2.45) is 23.7 Å². The van der Waals surface area contributed by atoms with Gasteiger partial charge >= 0.3 is 5.97 Å². The lowest BCUT2D eigenvalue weighted by Gasteiger charge is -2.28. The van der Waals surface area contributed by atoms with Crippen LogP contribution in [0.4, 0.5) is 0 Å². The number of halogens is 2. The Morgan fingerprint density at radius 3 is 2.14 bits per heavy atom. The van der Waals surface area contributed by atoms with Gasteiger partial charge in [0, 0.05) is 9.65 Å². The van der Waals surface area contributed by atoms with E-state index in [2.05, 4.69) is 31.9 Å². The number of carbonyl (C=O) groups is 3. The Morgan fingerprint density at radius 1 is 1.23 bits per heavy atom. The molecular weight excluding hydrogens is 418 g/mol. The van der Waals surface area contributed by atoms with Crippen LogP contribution < -0.4 is 0 Å². The third-order valence-electron chi connectivity index (χ3n) is 5.45. The van der Waals surface area contributed by atoms with Gasteiger partial charge in [0.15, 0.2) is 0 Å². The summed E-state index contributed by atoms with van der Waals surface area (Å²) in [5, 5.41) is 9.45. The zero-order chi connectivity index (χ0) is 16.2. The number of rotatable bonds is 5. The van der Waals surface area contributed by atoms with Crippen LogP contribution in [-0.2, 0) is 14.4 Å². The molecule has 0 aromatic rings. The van der Waals surface area contributed by atoms with Crippen molar-refractivity contribution in [3.63, 3.8) is 0 Å². The first kappa shape index (κ1) is 16.4. The van der Waals surface area contributed by atoms with E-state index in [1.54, 1.807) is 0 Å². The first-order valence-electron chi connectivity index (χ1n) is 7.78.